The van der Waals surface area contributed by atoms with Gasteiger partial charge in [-0.1, -0.05) is 48.5 Å². The zero-order valence-corrected chi connectivity index (χ0v) is 14.8. The first-order valence-electron chi connectivity index (χ1n) is 8.20. The van der Waals surface area contributed by atoms with Gasteiger partial charge in [-0.25, -0.2) is 8.42 Å². The van der Waals surface area contributed by atoms with Crippen molar-refractivity contribution in [3.8, 4) is 0 Å². The normalized spacial score (nSPS) is 12.5. The Morgan fingerprint density at radius 3 is 2.24 bits per heavy atom. The Morgan fingerprint density at radius 2 is 1.60 bits per heavy atom. The number of esters is 1. The Kier molecular flexibility index (Phi) is 7.16. The van der Waals surface area contributed by atoms with Gasteiger partial charge in [0.1, 0.15) is 0 Å². The highest BCUT2D eigenvalue weighted by molar-refractivity contribution is 7.91. The predicted octanol–water partition coefficient (Wildman–Crippen LogP) is 2.35. The quantitative estimate of drug-likeness (QED) is 0.547. The maximum absolute atomic E-state index is 12.2. The van der Waals surface area contributed by atoms with Crippen molar-refractivity contribution < 1.29 is 17.9 Å². The summed E-state index contributed by atoms with van der Waals surface area (Å²) >= 11 is 0. The molecule has 134 valence electrons. The van der Waals surface area contributed by atoms with E-state index in [2.05, 4.69) is 0 Å². The Bertz CT molecular complexity index is 761. The third kappa shape index (κ3) is 6.68. The first-order valence-corrected chi connectivity index (χ1v) is 9.85. The van der Waals surface area contributed by atoms with Crippen LogP contribution in [0.2, 0.25) is 0 Å². The van der Waals surface area contributed by atoms with Gasteiger partial charge in [-0.15, -0.1) is 0 Å². The number of carbonyl (C=O) groups is 1. The lowest BCUT2D eigenvalue weighted by molar-refractivity contribution is -0.144. The summed E-state index contributed by atoms with van der Waals surface area (Å²) in [5.74, 6) is -0.750. The molecule has 2 aromatic carbocycles. The second-order valence-corrected chi connectivity index (χ2v) is 7.90. The highest BCUT2D eigenvalue weighted by Crippen LogP contribution is 2.12. The summed E-state index contributed by atoms with van der Waals surface area (Å²) in [6.07, 6.45) is 1.42. The second-order valence-electron chi connectivity index (χ2n) is 5.87. The number of carbonyl (C=O) groups excluding carboxylic acids is 1. The third-order valence-electron chi connectivity index (χ3n) is 3.68. The van der Waals surface area contributed by atoms with Crippen LogP contribution in [0.15, 0.2) is 65.6 Å². The minimum Gasteiger partial charge on any atom is -0.466 e. The molecule has 0 bridgehead atoms. The third-order valence-corrected chi connectivity index (χ3v) is 5.54. The molecule has 6 heteroatoms. The second kappa shape index (κ2) is 9.34. The number of rotatable bonds is 9. The van der Waals surface area contributed by atoms with Crippen LogP contribution in [0.1, 0.15) is 18.4 Å². The van der Waals surface area contributed by atoms with Crippen molar-refractivity contribution in [1.29, 1.82) is 0 Å². The number of benzene rings is 2. The number of ether oxygens (including phenoxy) is 1. The lowest BCUT2D eigenvalue weighted by Crippen LogP contribution is -2.32. The fourth-order valence-corrected chi connectivity index (χ4v) is 3.89. The summed E-state index contributed by atoms with van der Waals surface area (Å²) in [5, 5.41) is 0. The predicted molar refractivity (Wildman–Crippen MR) is 96.8 cm³/mol. The van der Waals surface area contributed by atoms with Gasteiger partial charge in [0.2, 0.25) is 0 Å². The molecule has 0 aliphatic rings. The van der Waals surface area contributed by atoms with Crippen LogP contribution in [0.4, 0.5) is 0 Å². The maximum Gasteiger partial charge on any atom is 0.307 e. The lowest BCUT2D eigenvalue weighted by atomic mass is 10.1. The molecule has 0 heterocycles. The fourth-order valence-electron chi connectivity index (χ4n) is 2.44. The SMILES string of the molecule is NC(CC(=O)OCCCc1ccccc1)CS(=O)(=O)c1ccccc1. The molecule has 1 unspecified atom stereocenters. The van der Waals surface area contributed by atoms with Crippen molar-refractivity contribution in [3.63, 3.8) is 0 Å². The molecule has 0 aliphatic heterocycles. The van der Waals surface area contributed by atoms with Gasteiger partial charge in [0, 0.05) is 6.04 Å². The summed E-state index contributed by atoms with van der Waals surface area (Å²) in [7, 11) is -3.50. The molecule has 0 amide bonds. The van der Waals surface area contributed by atoms with Crippen molar-refractivity contribution in [2.75, 3.05) is 12.4 Å². The van der Waals surface area contributed by atoms with E-state index in [4.69, 9.17) is 10.5 Å². The molecule has 0 aliphatic carbocycles. The van der Waals surface area contributed by atoms with E-state index in [-0.39, 0.29) is 17.1 Å². The summed E-state index contributed by atoms with van der Waals surface area (Å²) in [5.41, 5.74) is 7.00. The lowest BCUT2D eigenvalue weighted by Gasteiger charge is -2.12. The van der Waals surface area contributed by atoms with Crippen LogP contribution in [0.3, 0.4) is 0 Å². The largest absolute Gasteiger partial charge is 0.466 e. The molecule has 0 spiro atoms. The van der Waals surface area contributed by atoms with Crippen molar-refractivity contribution >= 4 is 15.8 Å². The van der Waals surface area contributed by atoms with E-state index in [1.165, 1.54) is 17.7 Å². The molecule has 2 aromatic rings. The van der Waals surface area contributed by atoms with Gasteiger partial charge in [0.05, 0.1) is 23.7 Å². The number of nitrogens with two attached hydrogens (primary N) is 1. The molecule has 1 atom stereocenters. The molecule has 25 heavy (non-hydrogen) atoms. The van der Waals surface area contributed by atoms with Crippen LogP contribution < -0.4 is 5.73 Å². The summed E-state index contributed by atoms with van der Waals surface area (Å²) in [6.45, 7) is 0.298. The zero-order valence-electron chi connectivity index (χ0n) is 14.0. The average Bonchev–Trinajstić information content (AvgIpc) is 2.60. The van der Waals surface area contributed by atoms with Gasteiger partial charge in [0.25, 0.3) is 0 Å². The molecular formula is C19H23NO4S. The highest BCUT2D eigenvalue weighted by Gasteiger charge is 2.21. The molecule has 2 rings (SSSR count). The molecule has 5 nitrogen and oxygen atoms in total. The van der Waals surface area contributed by atoms with E-state index >= 15 is 0 Å². The Morgan fingerprint density at radius 1 is 1.00 bits per heavy atom. The first-order chi connectivity index (χ1) is 12.0. The van der Waals surface area contributed by atoms with E-state index in [1.807, 2.05) is 30.3 Å². The van der Waals surface area contributed by atoms with E-state index in [0.29, 0.717) is 13.0 Å². The molecule has 0 saturated heterocycles. The van der Waals surface area contributed by atoms with Gasteiger partial charge in [-0.2, -0.15) is 0 Å². The van der Waals surface area contributed by atoms with E-state index in [1.54, 1.807) is 18.2 Å². The molecule has 0 aromatic heterocycles. The first kappa shape index (κ1) is 19.1. The Labute approximate surface area is 148 Å². The van der Waals surface area contributed by atoms with Gasteiger partial charge in [-0.3, -0.25) is 4.79 Å². The summed E-state index contributed by atoms with van der Waals surface area (Å²) in [6, 6.07) is 17.2. The summed E-state index contributed by atoms with van der Waals surface area (Å²) < 4.78 is 29.6. The zero-order chi connectivity index (χ0) is 18.1. The molecule has 0 radical (unpaired) electrons. The van der Waals surface area contributed by atoms with Crippen molar-refractivity contribution in [1.82, 2.24) is 0 Å². The van der Waals surface area contributed by atoms with Crippen LogP contribution in [0.25, 0.3) is 0 Å². The van der Waals surface area contributed by atoms with Gasteiger partial charge in [0.15, 0.2) is 9.84 Å². The van der Waals surface area contributed by atoms with E-state index in [0.717, 1.165) is 6.42 Å². The standard InChI is InChI=1S/C19H23NO4S/c20-17(15-25(22,23)18-11-5-2-6-12-18)14-19(21)24-13-7-10-16-8-3-1-4-9-16/h1-6,8-9,11-12,17H,7,10,13-15,20H2. The van der Waals surface area contributed by atoms with Crippen molar-refractivity contribution in [3.05, 3.63) is 66.2 Å². The van der Waals surface area contributed by atoms with E-state index in [9.17, 15) is 13.2 Å². The molecule has 0 saturated carbocycles. The number of hydrogen-bond acceptors (Lipinski definition) is 5. The highest BCUT2D eigenvalue weighted by atomic mass is 32.2. The monoisotopic (exact) mass is 361 g/mol. The van der Waals surface area contributed by atoms with Crippen LogP contribution in [0, 0.1) is 0 Å². The molecular weight excluding hydrogens is 338 g/mol. The minimum absolute atomic E-state index is 0.114. The number of hydrogen-bond donors (Lipinski definition) is 1. The van der Waals surface area contributed by atoms with E-state index < -0.39 is 21.8 Å². The van der Waals surface area contributed by atoms with Crippen LogP contribution >= 0.6 is 0 Å². The fraction of sp³-hybridized carbons (Fsp3) is 0.316. The van der Waals surface area contributed by atoms with Gasteiger partial charge in [-0.05, 0) is 30.5 Å². The Hall–Kier alpha value is -2.18. The molecule has 0 fully saturated rings. The van der Waals surface area contributed by atoms with Gasteiger partial charge < -0.3 is 10.5 Å². The van der Waals surface area contributed by atoms with Crippen LogP contribution in [-0.4, -0.2) is 32.8 Å². The summed E-state index contributed by atoms with van der Waals surface area (Å²) in [4.78, 5) is 12.0. The Balaban J connectivity index is 1.71. The average molecular weight is 361 g/mol. The van der Waals surface area contributed by atoms with Gasteiger partial charge >= 0.3 is 5.97 Å². The van der Waals surface area contributed by atoms with Crippen LogP contribution in [0.5, 0.6) is 0 Å². The van der Waals surface area contributed by atoms with Crippen molar-refractivity contribution in [2.45, 2.75) is 30.2 Å². The minimum atomic E-state index is -3.50. The van der Waals surface area contributed by atoms with Crippen molar-refractivity contribution in [2.24, 2.45) is 5.73 Å². The number of sulfone groups is 1. The van der Waals surface area contributed by atoms with Crippen LogP contribution in [-0.2, 0) is 25.8 Å². The molecule has 2 N–H and O–H groups in total. The number of aryl methyl sites for hydroxylation is 1. The maximum atomic E-state index is 12.2. The topological polar surface area (TPSA) is 86.5 Å². The smallest absolute Gasteiger partial charge is 0.307 e.